The number of carbonyl (C=O) groups is 1. The molecule has 1 N–H and O–H groups in total. The van der Waals surface area contributed by atoms with E-state index in [4.69, 9.17) is 11.6 Å². The fourth-order valence-electron chi connectivity index (χ4n) is 1.37. The van der Waals surface area contributed by atoms with Crippen molar-refractivity contribution in [2.24, 2.45) is 0 Å². The molecule has 0 radical (unpaired) electrons. The molecule has 1 aromatic heterocycles. The number of halogens is 1. The molecule has 0 saturated carbocycles. The number of ether oxygens (including phenoxy) is 1. The van der Waals surface area contributed by atoms with E-state index in [9.17, 15) is 4.79 Å². The van der Waals surface area contributed by atoms with Crippen LogP contribution in [0.2, 0.25) is 5.02 Å². The van der Waals surface area contributed by atoms with E-state index in [1.54, 1.807) is 36.8 Å². The molecule has 0 amide bonds. The molecule has 5 nitrogen and oxygen atoms in total. The maximum Gasteiger partial charge on any atom is 0.337 e. The Morgan fingerprint density at radius 3 is 2.89 bits per heavy atom. The Balaban J connectivity index is 2.30. The van der Waals surface area contributed by atoms with Gasteiger partial charge in [-0.3, -0.25) is 4.98 Å². The van der Waals surface area contributed by atoms with Gasteiger partial charge in [-0.1, -0.05) is 11.6 Å². The highest BCUT2D eigenvalue weighted by atomic mass is 35.5. The molecule has 18 heavy (non-hydrogen) atoms. The van der Waals surface area contributed by atoms with Crippen molar-refractivity contribution in [1.82, 2.24) is 9.97 Å². The summed E-state index contributed by atoms with van der Waals surface area (Å²) in [6.45, 7) is 0. The first kappa shape index (κ1) is 12.3. The van der Waals surface area contributed by atoms with E-state index in [1.165, 1.54) is 7.11 Å². The average molecular weight is 264 g/mol. The molecule has 92 valence electrons. The van der Waals surface area contributed by atoms with Crippen molar-refractivity contribution in [2.45, 2.75) is 0 Å². The fourth-order valence-corrected chi connectivity index (χ4v) is 1.53. The zero-order valence-electron chi connectivity index (χ0n) is 9.55. The van der Waals surface area contributed by atoms with Gasteiger partial charge in [-0.25, -0.2) is 9.78 Å². The first-order valence-electron chi connectivity index (χ1n) is 5.11. The molecule has 0 aliphatic heterocycles. The van der Waals surface area contributed by atoms with Gasteiger partial charge >= 0.3 is 5.97 Å². The second-order valence-electron chi connectivity index (χ2n) is 3.40. The smallest absolute Gasteiger partial charge is 0.337 e. The predicted octanol–water partition coefficient (Wildman–Crippen LogP) is 2.66. The summed E-state index contributed by atoms with van der Waals surface area (Å²) >= 11 is 6.03. The van der Waals surface area contributed by atoms with E-state index in [0.29, 0.717) is 22.1 Å². The minimum absolute atomic E-state index is 0.410. The van der Waals surface area contributed by atoms with Crippen LogP contribution in [-0.4, -0.2) is 23.0 Å². The van der Waals surface area contributed by atoms with E-state index >= 15 is 0 Å². The van der Waals surface area contributed by atoms with Gasteiger partial charge in [0.05, 0.1) is 29.6 Å². The van der Waals surface area contributed by atoms with Crippen LogP contribution in [0, 0.1) is 0 Å². The van der Waals surface area contributed by atoms with E-state index in [-0.39, 0.29) is 0 Å². The maximum absolute atomic E-state index is 11.4. The van der Waals surface area contributed by atoms with Gasteiger partial charge in [0.25, 0.3) is 0 Å². The summed E-state index contributed by atoms with van der Waals surface area (Å²) in [6, 6.07) is 4.81. The summed E-state index contributed by atoms with van der Waals surface area (Å²) in [4.78, 5) is 19.4. The van der Waals surface area contributed by atoms with Gasteiger partial charge in [0.2, 0.25) is 0 Å². The molecule has 0 aliphatic rings. The van der Waals surface area contributed by atoms with Crippen LogP contribution in [0.5, 0.6) is 0 Å². The van der Waals surface area contributed by atoms with Crippen LogP contribution < -0.4 is 5.32 Å². The number of carbonyl (C=O) groups excluding carboxylic acids is 1. The number of methoxy groups -OCH3 is 1. The van der Waals surface area contributed by atoms with E-state index < -0.39 is 5.97 Å². The second kappa shape index (κ2) is 5.46. The Labute approximate surface area is 109 Å². The Hall–Kier alpha value is -2.14. The summed E-state index contributed by atoms with van der Waals surface area (Å²) in [5.41, 5.74) is 0.980. The van der Waals surface area contributed by atoms with Crippen LogP contribution in [0.4, 0.5) is 11.5 Å². The number of nitrogens with zero attached hydrogens (tertiary/aromatic N) is 2. The van der Waals surface area contributed by atoms with Crippen molar-refractivity contribution >= 4 is 29.1 Å². The quantitative estimate of drug-likeness (QED) is 0.863. The lowest BCUT2D eigenvalue weighted by molar-refractivity contribution is 0.0601. The summed E-state index contributed by atoms with van der Waals surface area (Å²) in [5.74, 6) is 0.121. The minimum Gasteiger partial charge on any atom is -0.465 e. The zero-order valence-corrected chi connectivity index (χ0v) is 10.3. The van der Waals surface area contributed by atoms with Gasteiger partial charge in [0, 0.05) is 12.4 Å². The first-order chi connectivity index (χ1) is 8.70. The zero-order chi connectivity index (χ0) is 13.0. The summed E-state index contributed by atoms with van der Waals surface area (Å²) in [6.07, 6.45) is 4.68. The first-order valence-corrected chi connectivity index (χ1v) is 5.49. The second-order valence-corrected chi connectivity index (χ2v) is 3.81. The number of anilines is 2. The molecule has 0 fully saturated rings. The molecule has 2 aromatic rings. The van der Waals surface area contributed by atoms with Gasteiger partial charge < -0.3 is 10.1 Å². The molecule has 0 unspecified atom stereocenters. The highest BCUT2D eigenvalue weighted by Gasteiger charge is 2.09. The van der Waals surface area contributed by atoms with Gasteiger partial charge in [-0.05, 0) is 18.2 Å². The van der Waals surface area contributed by atoms with Crippen molar-refractivity contribution in [3.63, 3.8) is 0 Å². The van der Waals surface area contributed by atoms with Gasteiger partial charge in [-0.15, -0.1) is 0 Å². The summed E-state index contributed by atoms with van der Waals surface area (Å²) < 4.78 is 4.64. The molecule has 0 saturated heterocycles. The monoisotopic (exact) mass is 263 g/mol. The average Bonchev–Trinajstić information content (AvgIpc) is 2.41. The Morgan fingerprint density at radius 2 is 2.22 bits per heavy atom. The van der Waals surface area contributed by atoms with Crippen LogP contribution in [0.1, 0.15) is 10.4 Å². The highest BCUT2D eigenvalue weighted by molar-refractivity contribution is 6.33. The molecule has 0 atom stereocenters. The number of hydrogen-bond donors (Lipinski definition) is 1. The van der Waals surface area contributed by atoms with Crippen molar-refractivity contribution in [3.05, 3.63) is 47.4 Å². The highest BCUT2D eigenvalue weighted by Crippen LogP contribution is 2.25. The van der Waals surface area contributed by atoms with Crippen LogP contribution >= 0.6 is 11.6 Å². The molecule has 2 rings (SSSR count). The van der Waals surface area contributed by atoms with Crippen LogP contribution in [0.3, 0.4) is 0 Å². The summed E-state index contributed by atoms with van der Waals surface area (Å²) in [5, 5.41) is 3.46. The molecule has 0 aliphatic carbocycles. The molecule has 0 bridgehead atoms. The largest absolute Gasteiger partial charge is 0.465 e. The predicted molar refractivity (Wildman–Crippen MR) is 68.1 cm³/mol. The molecule has 1 heterocycles. The topological polar surface area (TPSA) is 64.1 Å². The third-order valence-corrected chi connectivity index (χ3v) is 2.54. The molecule has 0 spiro atoms. The minimum atomic E-state index is -0.422. The number of hydrogen-bond acceptors (Lipinski definition) is 5. The number of benzene rings is 1. The third kappa shape index (κ3) is 2.75. The molecular weight excluding hydrogens is 254 g/mol. The van der Waals surface area contributed by atoms with Crippen LogP contribution in [-0.2, 0) is 4.74 Å². The molecule has 1 aromatic carbocycles. The number of aromatic nitrogens is 2. The standard InChI is InChI=1S/C12H10ClN3O2/c1-18-12(17)8-2-3-9(13)10(6-8)16-11-7-14-4-5-15-11/h2-7H,1H3,(H,15,16). The Kier molecular flexibility index (Phi) is 3.74. The van der Waals surface area contributed by atoms with Gasteiger partial charge in [0.1, 0.15) is 5.82 Å². The van der Waals surface area contributed by atoms with Gasteiger partial charge in [-0.2, -0.15) is 0 Å². The van der Waals surface area contributed by atoms with Gasteiger partial charge in [0.15, 0.2) is 0 Å². The normalized spacial score (nSPS) is 9.89. The van der Waals surface area contributed by atoms with Crippen LogP contribution in [0.15, 0.2) is 36.8 Å². The van der Waals surface area contributed by atoms with Crippen molar-refractivity contribution in [2.75, 3.05) is 12.4 Å². The van der Waals surface area contributed by atoms with Crippen LogP contribution in [0.25, 0.3) is 0 Å². The van der Waals surface area contributed by atoms with Crippen molar-refractivity contribution < 1.29 is 9.53 Å². The third-order valence-electron chi connectivity index (χ3n) is 2.21. The number of esters is 1. The van der Waals surface area contributed by atoms with E-state index in [0.717, 1.165) is 0 Å². The lowest BCUT2D eigenvalue weighted by atomic mass is 10.2. The lowest BCUT2D eigenvalue weighted by Gasteiger charge is -2.08. The molecular formula is C12H10ClN3O2. The van der Waals surface area contributed by atoms with E-state index in [1.807, 2.05) is 0 Å². The number of nitrogens with one attached hydrogen (secondary N) is 1. The summed E-state index contributed by atoms with van der Waals surface area (Å²) in [7, 11) is 1.33. The van der Waals surface area contributed by atoms with Crippen molar-refractivity contribution in [1.29, 1.82) is 0 Å². The molecule has 6 heteroatoms. The maximum atomic E-state index is 11.4. The Morgan fingerprint density at radius 1 is 1.39 bits per heavy atom. The SMILES string of the molecule is COC(=O)c1ccc(Cl)c(Nc2cnccn2)c1. The fraction of sp³-hybridized carbons (Fsp3) is 0.0833. The van der Waals surface area contributed by atoms with E-state index in [2.05, 4.69) is 20.0 Å². The number of rotatable bonds is 3. The lowest BCUT2D eigenvalue weighted by Crippen LogP contribution is -2.02. The Bertz CT molecular complexity index is 561. The van der Waals surface area contributed by atoms with Crippen molar-refractivity contribution in [3.8, 4) is 0 Å².